The number of carboxylic acid groups (broad SMARTS) is 1. The number of halogens is 3. The van der Waals surface area contributed by atoms with Crippen molar-refractivity contribution >= 4 is 21.9 Å². The van der Waals surface area contributed by atoms with Crippen molar-refractivity contribution in [1.29, 1.82) is 0 Å². The number of carboxylic acids is 1. The molecule has 0 aliphatic carbocycles. The molecule has 2 nitrogen and oxygen atoms in total. The topological polar surface area (TPSA) is 37.3 Å². The first-order valence-electron chi connectivity index (χ1n) is 6.87. The van der Waals surface area contributed by atoms with Crippen LogP contribution in [0.2, 0.25) is 0 Å². The molecule has 1 atom stereocenters. The van der Waals surface area contributed by atoms with Crippen molar-refractivity contribution in [1.82, 2.24) is 0 Å². The van der Waals surface area contributed by atoms with Crippen molar-refractivity contribution in [3.63, 3.8) is 0 Å². The highest BCUT2D eigenvalue weighted by atomic mass is 79.9. The highest BCUT2D eigenvalue weighted by molar-refractivity contribution is 9.09. The predicted octanol–water partition coefficient (Wildman–Crippen LogP) is 4.98. The van der Waals surface area contributed by atoms with Crippen LogP contribution in [0.3, 0.4) is 0 Å². The van der Waals surface area contributed by atoms with Crippen LogP contribution >= 0.6 is 15.9 Å². The number of benzene rings is 2. The van der Waals surface area contributed by atoms with E-state index in [0.717, 1.165) is 0 Å². The van der Waals surface area contributed by atoms with Crippen LogP contribution in [-0.2, 0) is 4.79 Å². The fourth-order valence-electron chi connectivity index (χ4n) is 2.41. The molecular formula is C17H15BrF2O2. The number of alkyl halides is 1. The van der Waals surface area contributed by atoms with Crippen molar-refractivity contribution in [2.24, 2.45) is 0 Å². The number of carbonyl (C=O) groups is 1. The summed E-state index contributed by atoms with van der Waals surface area (Å²) in [5.74, 6) is -2.52. The van der Waals surface area contributed by atoms with Crippen LogP contribution < -0.4 is 0 Å². The molecule has 0 bridgehead atoms. The quantitative estimate of drug-likeness (QED) is 0.730. The lowest BCUT2D eigenvalue weighted by Crippen LogP contribution is -2.13. The van der Waals surface area contributed by atoms with E-state index in [2.05, 4.69) is 15.9 Å². The van der Waals surface area contributed by atoms with Crippen LogP contribution in [0, 0.1) is 11.6 Å². The van der Waals surface area contributed by atoms with Gasteiger partial charge in [-0.25, -0.2) is 8.78 Å². The Hall–Kier alpha value is -1.75. The van der Waals surface area contributed by atoms with Crippen LogP contribution in [0.25, 0.3) is 11.1 Å². The molecule has 0 aromatic heterocycles. The lowest BCUT2D eigenvalue weighted by Gasteiger charge is -2.17. The van der Waals surface area contributed by atoms with E-state index in [4.69, 9.17) is 0 Å². The number of rotatable bonds is 6. The van der Waals surface area contributed by atoms with Gasteiger partial charge >= 0.3 is 5.97 Å². The van der Waals surface area contributed by atoms with Gasteiger partial charge in [-0.05, 0) is 53.8 Å². The van der Waals surface area contributed by atoms with Crippen LogP contribution in [0.4, 0.5) is 8.78 Å². The Morgan fingerprint density at radius 2 is 1.73 bits per heavy atom. The SMILES string of the molecule is O=C(O)C(CCCBr)c1ccc(F)cc1-c1ccc(F)cc1. The summed E-state index contributed by atoms with van der Waals surface area (Å²) in [6, 6.07) is 9.66. The fraction of sp³-hybridized carbons (Fsp3) is 0.235. The first-order chi connectivity index (χ1) is 10.5. The molecule has 0 heterocycles. The normalized spacial score (nSPS) is 12.1. The van der Waals surface area contributed by atoms with Crippen molar-refractivity contribution in [3.05, 3.63) is 59.7 Å². The molecule has 2 aromatic carbocycles. The molecule has 0 spiro atoms. The van der Waals surface area contributed by atoms with Crippen molar-refractivity contribution < 1.29 is 18.7 Å². The van der Waals surface area contributed by atoms with Gasteiger partial charge in [0.05, 0.1) is 5.92 Å². The Morgan fingerprint density at radius 1 is 1.09 bits per heavy atom. The third-order valence-electron chi connectivity index (χ3n) is 3.47. The summed E-state index contributed by atoms with van der Waals surface area (Å²) in [5, 5.41) is 10.2. The molecule has 22 heavy (non-hydrogen) atoms. The van der Waals surface area contributed by atoms with Gasteiger partial charge in [-0.1, -0.05) is 34.1 Å². The largest absolute Gasteiger partial charge is 0.481 e. The maximum absolute atomic E-state index is 13.6. The molecule has 0 amide bonds. The zero-order valence-electron chi connectivity index (χ0n) is 11.7. The Balaban J connectivity index is 2.50. The van der Waals surface area contributed by atoms with E-state index >= 15 is 0 Å². The van der Waals surface area contributed by atoms with Crippen molar-refractivity contribution in [2.45, 2.75) is 18.8 Å². The van der Waals surface area contributed by atoms with Crippen molar-refractivity contribution in [2.75, 3.05) is 5.33 Å². The second kappa shape index (κ2) is 7.49. The molecule has 0 aliphatic rings. The summed E-state index contributed by atoms with van der Waals surface area (Å²) in [7, 11) is 0. The number of aliphatic carboxylic acids is 1. The lowest BCUT2D eigenvalue weighted by molar-refractivity contribution is -0.139. The zero-order valence-corrected chi connectivity index (χ0v) is 13.3. The molecule has 0 saturated heterocycles. The Morgan fingerprint density at radius 3 is 2.32 bits per heavy atom. The molecule has 0 aliphatic heterocycles. The van der Waals surface area contributed by atoms with Gasteiger partial charge in [-0.3, -0.25) is 4.79 Å². The third kappa shape index (κ3) is 3.91. The second-order valence-electron chi connectivity index (χ2n) is 4.96. The van der Waals surface area contributed by atoms with Gasteiger partial charge in [-0.15, -0.1) is 0 Å². The third-order valence-corrected chi connectivity index (χ3v) is 4.03. The minimum atomic E-state index is -0.948. The minimum Gasteiger partial charge on any atom is -0.481 e. The molecule has 0 saturated carbocycles. The smallest absolute Gasteiger partial charge is 0.310 e. The van der Waals surface area contributed by atoms with E-state index in [1.54, 1.807) is 0 Å². The van der Waals surface area contributed by atoms with Gasteiger partial charge in [-0.2, -0.15) is 0 Å². The molecule has 1 unspecified atom stereocenters. The fourth-order valence-corrected chi connectivity index (χ4v) is 2.73. The molecule has 116 valence electrons. The van der Waals surface area contributed by atoms with E-state index in [1.807, 2.05) is 0 Å². The summed E-state index contributed by atoms with van der Waals surface area (Å²) in [6.07, 6.45) is 1.14. The number of hydrogen-bond donors (Lipinski definition) is 1. The van der Waals surface area contributed by atoms with E-state index in [0.29, 0.717) is 34.9 Å². The molecule has 0 fully saturated rings. The van der Waals surface area contributed by atoms with Gasteiger partial charge in [0.15, 0.2) is 0 Å². The van der Waals surface area contributed by atoms with Crippen LogP contribution in [0.15, 0.2) is 42.5 Å². The molecule has 0 radical (unpaired) electrons. The average Bonchev–Trinajstić information content (AvgIpc) is 2.49. The Kier molecular flexibility index (Phi) is 5.66. The summed E-state index contributed by atoms with van der Waals surface area (Å²) < 4.78 is 26.7. The summed E-state index contributed by atoms with van der Waals surface area (Å²) >= 11 is 3.29. The van der Waals surface area contributed by atoms with Gasteiger partial charge in [0.25, 0.3) is 0 Å². The van der Waals surface area contributed by atoms with Gasteiger partial charge in [0.1, 0.15) is 11.6 Å². The average molecular weight is 369 g/mol. The Labute approximate surface area is 135 Å². The molecule has 2 aromatic rings. The van der Waals surface area contributed by atoms with E-state index in [-0.39, 0.29) is 0 Å². The highest BCUT2D eigenvalue weighted by Gasteiger charge is 2.23. The van der Waals surface area contributed by atoms with E-state index < -0.39 is 23.5 Å². The molecule has 5 heteroatoms. The van der Waals surface area contributed by atoms with E-state index in [1.165, 1.54) is 42.5 Å². The van der Waals surface area contributed by atoms with Crippen LogP contribution in [0.1, 0.15) is 24.3 Å². The van der Waals surface area contributed by atoms with Crippen LogP contribution in [-0.4, -0.2) is 16.4 Å². The van der Waals surface area contributed by atoms with Crippen LogP contribution in [0.5, 0.6) is 0 Å². The second-order valence-corrected chi connectivity index (χ2v) is 5.75. The first kappa shape index (κ1) is 16.6. The summed E-state index contributed by atoms with van der Waals surface area (Å²) in [5.41, 5.74) is 1.63. The minimum absolute atomic E-state index is 0.393. The van der Waals surface area contributed by atoms with Gasteiger partial charge in [0.2, 0.25) is 0 Å². The zero-order chi connectivity index (χ0) is 16.1. The number of hydrogen-bond acceptors (Lipinski definition) is 1. The summed E-state index contributed by atoms with van der Waals surface area (Å²) in [6.45, 7) is 0. The summed E-state index contributed by atoms with van der Waals surface area (Å²) in [4.78, 5) is 11.6. The standard InChI is InChI=1S/C17H15BrF2O2/c18-9-1-2-15(17(21)22)14-8-7-13(20)10-16(14)11-3-5-12(19)6-4-11/h3-8,10,15H,1-2,9H2,(H,21,22). The highest BCUT2D eigenvalue weighted by Crippen LogP contribution is 2.33. The maximum atomic E-state index is 13.6. The Bertz CT molecular complexity index is 656. The molecular weight excluding hydrogens is 354 g/mol. The lowest BCUT2D eigenvalue weighted by atomic mass is 9.88. The molecule has 1 N–H and O–H groups in total. The first-order valence-corrected chi connectivity index (χ1v) is 7.99. The maximum Gasteiger partial charge on any atom is 0.310 e. The monoisotopic (exact) mass is 368 g/mol. The predicted molar refractivity (Wildman–Crippen MR) is 85.2 cm³/mol. The van der Waals surface area contributed by atoms with Gasteiger partial charge in [0, 0.05) is 5.33 Å². The van der Waals surface area contributed by atoms with E-state index in [9.17, 15) is 18.7 Å². The molecule has 2 rings (SSSR count). The van der Waals surface area contributed by atoms with Crippen molar-refractivity contribution in [3.8, 4) is 11.1 Å². The van der Waals surface area contributed by atoms with Gasteiger partial charge < -0.3 is 5.11 Å².